The van der Waals surface area contributed by atoms with Gasteiger partial charge >= 0.3 is 0 Å². The number of carbonyl (C=O) groups excluding carboxylic acids is 1. The molecule has 0 bridgehead atoms. The quantitative estimate of drug-likeness (QED) is 0.852. The average Bonchev–Trinajstić information content (AvgIpc) is 2.52. The SMILES string of the molecule is O=C(C#CBr)NCCc1ccc(Cl)s1. The summed E-state index contributed by atoms with van der Waals surface area (Å²) in [5.74, 6) is 2.06. The minimum atomic E-state index is -0.274. The van der Waals surface area contributed by atoms with Gasteiger partial charge in [0.05, 0.1) is 4.34 Å². The molecule has 1 rings (SSSR count). The molecule has 0 saturated heterocycles. The van der Waals surface area contributed by atoms with E-state index in [1.807, 2.05) is 12.1 Å². The van der Waals surface area contributed by atoms with E-state index < -0.39 is 0 Å². The summed E-state index contributed by atoms with van der Waals surface area (Å²) in [5.41, 5.74) is 0. The zero-order valence-corrected chi connectivity index (χ0v) is 10.3. The van der Waals surface area contributed by atoms with E-state index in [0.717, 1.165) is 15.6 Å². The number of rotatable bonds is 3. The molecule has 1 heterocycles. The minimum absolute atomic E-state index is 0.274. The lowest BCUT2D eigenvalue weighted by Crippen LogP contribution is -2.23. The topological polar surface area (TPSA) is 29.1 Å². The fourth-order valence-corrected chi connectivity index (χ4v) is 2.14. The van der Waals surface area contributed by atoms with Crippen LogP contribution in [0.5, 0.6) is 0 Å². The van der Waals surface area contributed by atoms with Crippen LogP contribution in [-0.2, 0) is 11.2 Å². The molecule has 0 aromatic carbocycles. The highest BCUT2D eigenvalue weighted by molar-refractivity contribution is 9.12. The van der Waals surface area contributed by atoms with Gasteiger partial charge in [0, 0.05) is 33.3 Å². The van der Waals surface area contributed by atoms with E-state index in [4.69, 9.17) is 11.6 Å². The van der Waals surface area contributed by atoms with Crippen molar-refractivity contribution in [3.8, 4) is 10.8 Å². The van der Waals surface area contributed by atoms with Gasteiger partial charge in [-0.15, -0.1) is 11.3 Å². The third kappa shape index (κ3) is 4.14. The van der Waals surface area contributed by atoms with Gasteiger partial charge in [0.2, 0.25) is 0 Å². The van der Waals surface area contributed by atoms with E-state index >= 15 is 0 Å². The third-order valence-electron chi connectivity index (χ3n) is 1.45. The third-order valence-corrected chi connectivity index (χ3v) is 2.94. The molecule has 0 unspecified atom stereocenters. The molecule has 74 valence electrons. The highest BCUT2D eigenvalue weighted by Gasteiger charge is 1.99. The van der Waals surface area contributed by atoms with Crippen molar-refractivity contribution in [3.63, 3.8) is 0 Å². The number of thiophene rings is 1. The van der Waals surface area contributed by atoms with Crippen molar-refractivity contribution in [2.45, 2.75) is 6.42 Å². The van der Waals surface area contributed by atoms with Gasteiger partial charge in [-0.3, -0.25) is 4.79 Å². The predicted octanol–water partition coefficient (Wildman–Crippen LogP) is 2.42. The van der Waals surface area contributed by atoms with Gasteiger partial charge in [0.15, 0.2) is 0 Å². The van der Waals surface area contributed by atoms with E-state index in [1.165, 1.54) is 11.3 Å². The summed E-state index contributed by atoms with van der Waals surface area (Å²) in [4.78, 5) is 14.4. The summed E-state index contributed by atoms with van der Waals surface area (Å²) >= 11 is 10.1. The Labute approximate surface area is 99.8 Å². The van der Waals surface area contributed by atoms with E-state index in [1.54, 1.807) is 0 Å². The minimum Gasteiger partial charge on any atom is -0.345 e. The molecule has 0 spiro atoms. The summed E-state index contributed by atoms with van der Waals surface area (Å²) in [5, 5.41) is 2.66. The van der Waals surface area contributed by atoms with Crippen LogP contribution in [0.3, 0.4) is 0 Å². The van der Waals surface area contributed by atoms with Gasteiger partial charge in [0.1, 0.15) is 0 Å². The maximum Gasteiger partial charge on any atom is 0.296 e. The molecule has 14 heavy (non-hydrogen) atoms. The maximum atomic E-state index is 10.9. The normalized spacial score (nSPS) is 9.00. The van der Waals surface area contributed by atoms with Crippen molar-refractivity contribution in [2.75, 3.05) is 6.54 Å². The summed E-state index contributed by atoms with van der Waals surface area (Å²) in [7, 11) is 0. The molecule has 0 aliphatic rings. The van der Waals surface area contributed by atoms with Gasteiger partial charge in [-0.25, -0.2) is 0 Å². The second-order valence-corrected chi connectivity index (χ2v) is 4.63. The molecule has 0 radical (unpaired) electrons. The number of carbonyl (C=O) groups is 1. The molecule has 5 heteroatoms. The first-order chi connectivity index (χ1) is 6.72. The second-order valence-electron chi connectivity index (χ2n) is 2.43. The fraction of sp³-hybridized carbons (Fsp3) is 0.222. The zero-order valence-electron chi connectivity index (χ0n) is 7.14. The molecule has 1 aromatic rings. The van der Waals surface area contributed by atoms with Crippen molar-refractivity contribution in [1.29, 1.82) is 0 Å². The van der Waals surface area contributed by atoms with Crippen LogP contribution in [0.4, 0.5) is 0 Å². The van der Waals surface area contributed by atoms with Crippen molar-refractivity contribution >= 4 is 44.8 Å². The Morgan fingerprint density at radius 1 is 1.64 bits per heavy atom. The van der Waals surface area contributed by atoms with Crippen LogP contribution < -0.4 is 5.32 Å². The first-order valence-corrected chi connectivity index (χ1v) is 5.85. The number of amides is 1. The standard InChI is InChI=1S/C9H7BrClNOS/c10-5-3-9(13)12-6-4-7-1-2-8(11)14-7/h1-2H,4,6H2,(H,12,13). The molecular formula is C9H7BrClNOS. The number of halogens is 2. The van der Waals surface area contributed by atoms with Gasteiger partial charge in [-0.1, -0.05) is 11.6 Å². The van der Waals surface area contributed by atoms with E-state index in [0.29, 0.717) is 6.54 Å². The lowest BCUT2D eigenvalue weighted by molar-refractivity contribution is -0.115. The number of hydrogen-bond donors (Lipinski definition) is 1. The summed E-state index contributed by atoms with van der Waals surface area (Å²) in [6, 6.07) is 3.80. The first-order valence-electron chi connectivity index (χ1n) is 3.86. The Bertz CT molecular complexity index is 380. The van der Waals surface area contributed by atoms with E-state index in [9.17, 15) is 4.79 Å². The monoisotopic (exact) mass is 291 g/mol. The highest BCUT2D eigenvalue weighted by atomic mass is 79.9. The van der Waals surface area contributed by atoms with Crippen molar-refractivity contribution in [1.82, 2.24) is 5.32 Å². The molecule has 0 saturated carbocycles. The van der Waals surface area contributed by atoms with Crippen molar-refractivity contribution in [3.05, 3.63) is 21.3 Å². The first kappa shape index (κ1) is 11.6. The Kier molecular flexibility index (Phi) is 5.02. The van der Waals surface area contributed by atoms with Crippen LogP contribution >= 0.6 is 38.9 Å². The summed E-state index contributed by atoms with van der Waals surface area (Å²) in [6.07, 6.45) is 0.785. The lowest BCUT2D eigenvalue weighted by atomic mass is 10.3. The van der Waals surface area contributed by atoms with Crippen LogP contribution in [0.2, 0.25) is 4.34 Å². The molecule has 2 nitrogen and oxygen atoms in total. The van der Waals surface area contributed by atoms with Gasteiger partial charge in [-0.05, 0) is 23.4 Å². The van der Waals surface area contributed by atoms with E-state index in [-0.39, 0.29) is 5.91 Å². The zero-order chi connectivity index (χ0) is 10.4. The molecule has 0 fully saturated rings. The maximum absolute atomic E-state index is 10.9. The van der Waals surface area contributed by atoms with Crippen molar-refractivity contribution < 1.29 is 4.79 Å². The van der Waals surface area contributed by atoms with Gasteiger partial charge < -0.3 is 5.32 Å². The van der Waals surface area contributed by atoms with Crippen LogP contribution in [-0.4, -0.2) is 12.5 Å². The van der Waals surface area contributed by atoms with Crippen LogP contribution in [0.15, 0.2) is 12.1 Å². The van der Waals surface area contributed by atoms with Gasteiger partial charge in [0.25, 0.3) is 5.91 Å². The predicted molar refractivity (Wildman–Crippen MR) is 62.7 cm³/mol. The Morgan fingerprint density at radius 2 is 2.43 bits per heavy atom. The van der Waals surface area contributed by atoms with Crippen LogP contribution in [0, 0.1) is 10.8 Å². The summed E-state index contributed by atoms with van der Waals surface area (Å²) in [6.45, 7) is 0.581. The Morgan fingerprint density at radius 3 is 3.00 bits per heavy atom. The van der Waals surface area contributed by atoms with Crippen LogP contribution in [0.25, 0.3) is 0 Å². The number of nitrogens with one attached hydrogen (secondary N) is 1. The largest absolute Gasteiger partial charge is 0.345 e. The molecular weight excluding hydrogens is 286 g/mol. The van der Waals surface area contributed by atoms with Crippen LogP contribution in [0.1, 0.15) is 4.88 Å². The molecule has 1 amide bonds. The summed E-state index contributed by atoms with van der Waals surface area (Å²) < 4.78 is 0.770. The molecule has 0 aliphatic carbocycles. The smallest absolute Gasteiger partial charge is 0.296 e. The Hall–Kier alpha value is -0.500. The van der Waals surface area contributed by atoms with Gasteiger partial charge in [-0.2, -0.15) is 0 Å². The molecule has 0 aliphatic heterocycles. The van der Waals surface area contributed by atoms with E-state index in [2.05, 4.69) is 32.0 Å². The number of hydrogen-bond acceptors (Lipinski definition) is 2. The second kappa shape index (κ2) is 6.07. The molecule has 1 N–H and O–H groups in total. The Balaban J connectivity index is 2.27. The lowest BCUT2D eigenvalue weighted by Gasteiger charge is -1.97. The average molecular weight is 293 g/mol. The van der Waals surface area contributed by atoms with Crippen molar-refractivity contribution in [2.24, 2.45) is 0 Å². The fourth-order valence-electron chi connectivity index (χ4n) is 0.872. The molecule has 1 aromatic heterocycles. The molecule has 0 atom stereocenters. The highest BCUT2D eigenvalue weighted by Crippen LogP contribution is 2.21.